The van der Waals surface area contributed by atoms with Gasteiger partial charge in [-0.05, 0) is 30.2 Å². The molecule has 0 unspecified atom stereocenters. The molecule has 5 nitrogen and oxygen atoms in total. The summed E-state index contributed by atoms with van der Waals surface area (Å²) in [7, 11) is 1.66. The van der Waals surface area contributed by atoms with E-state index in [2.05, 4.69) is 20.6 Å². The van der Waals surface area contributed by atoms with Gasteiger partial charge < -0.3 is 15.4 Å². The molecule has 1 aromatic carbocycles. The molecule has 142 valence electrons. The average molecular weight is 497 g/mol. The number of aliphatic imine (C=N–C) groups is 1. The third-order valence-electron chi connectivity index (χ3n) is 3.27. The molecule has 2 N–H and O–H groups in total. The first-order chi connectivity index (χ1) is 12.1. The smallest absolute Gasteiger partial charge is 0.191 e. The van der Waals surface area contributed by atoms with Gasteiger partial charge in [0.05, 0.1) is 6.54 Å². The Hall–Kier alpha value is -1.68. The molecule has 0 amide bonds. The van der Waals surface area contributed by atoms with Gasteiger partial charge >= 0.3 is 0 Å². The van der Waals surface area contributed by atoms with Crippen molar-refractivity contribution in [2.75, 3.05) is 26.7 Å². The fourth-order valence-corrected chi connectivity index (χ4v) is 2.12. The fourth-order valence-electron chi connectivity index (χ4n) is 2.01. The Morgan fingerprint density at radius 1 is 1.15 bits per heavy atom. The minimum absolute atomic E-state index is 0. The largest absolute Gasteiger partial charge is 0.492 e. The second-order valence-electron chi connectivity index (χ2n) is 5.09. The maximum atomic E-state index is 13.1. The van der Waals surface area contributed by atoms with Gasteiger partial charge in [-0.15, -0.1) is 24.0 Å². The number of ether oxygens (including phenoxy) is 1. The number of nitrogens with one attached hydrogen (secondary N) is 2. The zero-order valence-electron chi connectivity index (χ0n) is 14.1. The number of hydrogen-bond acceptors (Lipinski definition) is 3. The highest BCUT2D eigenvalue weighted by atomic mass is 127. The minimum Gasteiger partial charge on any atom is -0.492 e. The molecule has 0 bridgehead atoms. The van der Waals surface area contributed by atoms with Crippen LogP contribution < -0.4 is 15.4 Å². The van der Waals surface area contributed by atoms with Gasteiger partial charge in [-0.25, -0.2) is 13.8 Å². The van der Waals surface area contributed by atoms with Crippen molar-refractivity contribution in [1.29, 1.82) is 0 Å². The van der Waals surface area contributed by atoms with Crippen LogP contribution in [0.15, 0.2) is 41.5 Å². The van der Waals surface area contributed by atoms with Gasteiger partial charge in [0.1, 0.15) is 17.5 Å². The zero-order chi connectivity index (χ0) is 18.1. The molecular weight excluding hydrogens is 477 g/mol. The van der Waals surface area contributed by atoms with E-state index in [1.807, 2.05) is 6.07 Å². The highest BCUT2D eigenvalue weighted by Crippen LogP contribution is 2.14. The Morgan fingerprint density at radius 3 is 2.58 bits per heavy atom. The summed E-state index contributed by atoms with van der Waals surface area (Å²) in [6.07, 6.45) is 2.51. The molecule has 0 aliphatic heterocycles. The third kappa shape index (κ3) is 7.69. The lowest BCUT2D eigenvalue weighted by atomic mass is 10.2. The summed E-state index contributed by atoms with van der Waals surface area (Å²) in [5.41, 5.74) is 1.06. The molecule has 2 aromatic rings. The van der Waals surface area contributed by atoms with E-state index in [-0.39, 0.29) is 36.3 Å². The lowest BCUT2D eigenvalue weighted by Gasteiger charge is -2.12. The number of aromatic nitrogens is 1. The van der Waals surface area contributed by atoms with E-state index in [1.165, 1.54) is 6.07 Å². The van der Waals surface area contributed by atoms with Crippen molar-refractivity contribution >= 4 is 41.5 Å². The predicted octanol–water partition coefficient (Wildman–Crippen LogP) is 3.42. The van der Waals surface area contributed by atoms with Crippen LogP contribution in [0, 0.1) is 11.6 Å². The maximum Gasteiger partial charge on any atom is 0.191 e. The van der Waals surface area contributed by atoms with Crippen LogP contribution in [-0.2, 0) is 6.42 Å². The first-order valence-corrected chi connectivity index (χ1v) is 8.09. The molecule has 1 heterocycles. The molecular formula is C17H20ClF2IN4O. The Bertz CT molecular complexity index is 716. The summed E-state index contributed by atoms with van der Waals surface area (Å²) in [5, 5.41) is 6.70. The fraction of sp³-hybridized carbons (Fsp3) is 0.294. The molecule has 0 atom stereocenters. The van der Waals surface area contributed by atoms with E-state index < -0.39 is 11.6 Å². The Morgan fingerprint density at radius 2 is 1.92 bits per heavy atom. The second kappa shape index (κ2) is 11.8. The standard InChI is InChI=1S/C17H19ClF2N4O.HI/c1-21-17(22-7-6-12-2-5-16(18)24-11-12)23-8-9-25-13-3-4-14(19)15(20)10-13;/h2-5,10-11H,6-9H2,1H3,(H2,21,22,23);1H. The van der Waals surface area contributed by atoms with Gasteiger partial charge in [0, 0.05) is 25.9 Å². The Labute approximate surface area is 173 Å². The van der Waals surface area contributed by atoms with E-state index in [4.69, 9.17) is 16.3 Å². The summed E-state index contributed by atoms with van der Waals surface area (Å²) in [4.78, 5) is 8.12. The molecule has 0 fully saturated rings. The normalized spacial score (nSPS) is 10.8. The second-order valence-corrected chi connectivity index (χ2v) is 5.48. The van der Waals surface area contributed by atoms with Gasteiger partial charge in [-0.3, -0.25) is 4.99 Å². The van der Waals surface area contributed by atoms with Gasteiger partial charge in [0.25, 0.3) is 0 Å². The van der Waals surface area contributed by atoms with Crippen molar-refractivity contribution in [3.8, 4) is 5.75 Å². The van der Waals surface area contributed by atoms with Gasteiger partial charge in [0.15, 0.2) is 17.6 Å². The summed E-state index contributed by atoms with van der Waals surface area (Å²) < 4.78 is 31.2. The van der Waals surface area contributed by atoms with Crippen molar-refractivity contribution < 1.29 is 13.5 Å². The van der Waals surface area contributed by atoms with Crippen LogP contribution >= 0.6 is 35.6 Å². The topological polar surface area (TPSA) is 58.5 Å². The third-order valence-corrected chi connectivity index (χ3v) is 3.50. The van der Waals surface area contributed by atoms with Crippen molar-refractivity contribution in [2.45, 2.75) is 6.42 Å². The molecule has 2 rings (SSSR count). The molecule has 0 saturated heterocycles. The lowest BCUT2D eigenvalue weighted by molar-refractivity contribution is 0.318. The maximum absolute atomic E-state index is 13.1. The van der Waals surface area contributed by atoms with Gasteiger partial charge in [-0.2, -0.15) is 0 Å². The number of benzene rings is 1. The Kier molecular flexibility index (Phi) is 10.2. The van der Waals surface area contributed by atoms with E-state index in [1.54, 1.807) is 19.3 Å². The van der Waals surface area contributed by atoms with Gasteiger partial charge in [0.2, 0.25) is 0 Å². The van der Waals surface area contributed by atoms with Crippen LogP contribution in [0.1, 0.15) is 5.56 Å². The molecule has 0 aliphatic rings. The first kappa shape index (κ1) is 22.4. The number of nitrogens with zero attached hydrogens (tertiary/aromatic N) is 2. The van der Waals surface area contributed by atoms with Gasteiger partial charge in [-0.1, -0.05) is 17.7 Å². The van der Waals surface area contributed by atoms with Crippen molar-refractivity contribution in [2.24, 2.45) is 4.99 Å². The minimum atomic E-state index is -0.931. The van der Waals surface area contributed by atoms with E-state index in [0.717, 1.165) is 24.1 Å². The monoisotopic (exact) mass is 496 g/mol. The summed E-state index contributed by atoms with van der Waals surface area (Å²) >= 11 is 5.74. The number of hydrogen-bond donors (Lipinski definition) is 2. The number of rotatable bonds is 7. The number of guanidine groups is 1. The number of halogens is 4. The zero-order valence-corrected chi connectivity index (χ0v) is 17.2. The molecule has 0 radical (unpaired) electrons. The van der Waals surface area contributed by atoms with Crippen LogP contribution in [-0.4, -0.2) is 37.7 Å². The quantitative estimate of drug-likeness (QED) is 0.203. The summed E-state index contributed by atoms with van der Waals surface area (Å²) in [6, 6.07) is 7.10. The Balaban J connectivity index is 0.00000338. The van der Waals surface area contributed by atoms with Crippen molar-refractivity contribution in [1.82, 2.24) is 15.6 Å². The van der Waals surface area contributed by atoms with Crippen molar-refractivity contribution in [3.63, 3.8) is 0 Å². The van der Waals surface area contributed by atoms with Crippen LogP contribution in [0.4, 0.5) is 8.78 Å². The average Bonchev–Trinajstić information content (AvgIpc) is 2.61. The lowest BCUT2D eigenvalue weighted by Crippen LogP contribution is -2.40. The van der Waals surface area contributed by atoms with Crippen LogP contribution in [0.5, 0.6) is 5.75 Å². The van der Waals surface area contributed by atoms with Crippen LogP contribution in [0.2, 0.25) is 5.15 Å². The highest BCUT2D eigenvalue weighted by molar-refractivity contribution is 14.0. The van der Waals surface area contributed by atoms with E-state index in [9.17, 15) is 8.78 Å². The highest BCUT2D eigenvalue weighted by Gasteiger charge is 2.03. The molecule has 0 saturated carbocycles. The van der Waals surface area contributed by atoms with Crippen molar-refractivity contribution in [3.05, 3.63) is 58.9 Å². The van der Waals surface area contributed by atoms with Crippen LogP contribution in [0.25, 0.3) is 0 Å². The van der Waals surface area contributed by atoms with E-state index >= 15 is 0 Å². The predicted molar refractivity (Wildman–Crippen MR) is 110 cm³/mol. The molecule has 0 aliphatic carbocycles. The molecule has 1 aromatic heterocycles. The SMILES string of the molecule is CN=C(NCCOc1ccc(F)c(F)c1)NCCc1ccc(Cl)nc1.I. The van der Waals surface area contributed by atoms with E-state index in [0.29, 0.717) is 24.2 Å². The molecule has 9 heteroatoms. The molecule has 26 heavy (non-hydrogen) atoms. The number of pyridine rings is 1. The summed E-state index contributed by atoms with van der Waals surface area (Å²) in [5.74, 6) is -0.930. The molecule has 0 spiro atoms. The first-order valence-electron chi connectivity index (χ1n) is 7.71. The van der Waals surface area contributed by atoms with Crippen LogP contribution in [0.3, 0.4) is 0 Å². The summed E-state index contributed by atoms with van der Waals surface area (Å²) in [6.45, 7) is 1.42.